The zero-order chi connectivity index (χ0) is 26.6. The van der Waals surface area contributed by atoms with Crippen LogP contribution in [0.3, 0.4) is 0 Å². The molecule has 1 fully saturated rings. The quantitative estimate of drug-likeness (QED) is 0.336. The van der Waals surface area contributed by atoms with Crippen LogP contribution >= 0.6 is 0 Å². The molecule has 3 aromatic rings. The lowest BCUT2D eigenvalue weighted by atomic mass is 9.85. The van der Waals surface area contributed by atoms with E-state index >= 15 is 0 Å². The molecule has 3 N–H and O–H groups in total. The number of nitrogens with zero attached hydrogens (tertiary/aromatic N) is 2. The molecule has 1 amide bonds. The number of benzene rings is 2. The first-order valence-electron chi connectivity index (χ1n) is 13.9. The minimum absolute atomic E-state index is 0.0552. The monoisotopic (exact) mass is 506 g/mol. The van der Waals surface area contributed by atoms with Gasteiger partial charge in [0.05, 0.1) is 23.5 Å². The van der Waals surface area contributed by atoms with Gasteiger partial charge in [-0.1, -0.05) is 81.1 Å². The molecule has 5 heteroatoms. The Labute approximate surface area is 226 Å². The van der Waals surface area contributed by atoms with Crippen molar-refractivity contribution in [3.05, 3.63) is 94.6 Å². The van der Waals surface area contributed by atoms with Gasteiger partial charge in [-0.25, -0.2) is 9.97 Å². The minimum atomic E-state index is -0.0552. The van der Waals surface area contributed by atoms with Crippen LogP contribution in [0.1, 0.15) is 75.0 Å². The van der Waals surface area contributed by atoms with E-state index in [1.807, 2.05) is 31.2 Å². The predicted octanol–water partition coefficient (Wildman–Crippen LogP) is 7.07. The van der Waals surface area contributed by atoms with Crippen LogP contribution in [0, 0.1) is 5.92 Å². The molecule has 0 radical (unpaired) electrons. The lowest BCUT2D eigenvalue weighted by Crippen LogP contribution is -2.21. The zero-order valence-electron chi connectivity index (χ0n) is 22.6. The third-order valence-corrected chi connectivity index (χ3v) is 7.97. The standard InChI is InChI=1S/C33H38N4O/c1-21(2)28(34)20-26-15-16-29-32(22(26)3)35-30(18-23-9-5-4-6-10-23)33(36-29)37-31(38)19-24-13-14-25-11-7-8-12-27(25)17-24/h7-8,11-14,17,20,23H,1,4-6,9-10,15-16,18-19,34H2,2-3H3,(H,36,37,38)/b28-20+. The summed E-state index contributed by atoms with van der Waals surface area (Å²) in [6.45, 7) is 8.00. The number of nitrogens with two attached hydrogens (primary N) is 1. The highest BCUT2D eigenvalue weighted by molar-refractivity contribution is 5.93. The normalized spacial score (nSPS) is 16.4. The van der Waals surface area contributed by atoms with E-state index in [2.05, 4.69) is 43.1 Å². The fourth-order valence-corrected chi connectivity index (χ4v) is 5.68. The van der Waals surface area contributed by atoms with Crippen LogP contribution in [-0.4, -0.2) is 15.9 Å². The van der Waals surface area contributed by atoms with E-state index in [1.54, 1.807) is 0 Å². The average molecular weight is 507 g/mol. The minimum Gasteiger partial charge on any atom is -0.399 e. The Balaban J connectivity index is 1.44. The number of aryl methyl sites for hydroxylation is 1. The summed E-state index contributed by atoms with van der Waals surface area (Å²) in [4.78, 5) is 23.4. The van der Waals surface area contributed by atoms with Crippen molar-refractivity contribution in [2.45, 2.75) is 71.6 Å². The highest BCUT2D eigenvalue weighted by atomic mass is 16.1. The van der Waals surface area contributed by atoms with Gasteiger partial charge in [-0.2, -0.15) is 0 Å². The van der Waals surface area contributed by atoms with Crippen molar-refractivity contribution in [2.75, 3.05) is 5.32 Å². The van der Waals surface area contributed by atoms with Gasteiger partial charge in [0.15, 0.2) is 5.82 Å². The second kappa shape index (κ2) is 11.3. The van der Waals surface area contributed by atoms with Crippen LogP contribution in [0.2, 0.25) is 0 Å². The van der Waals surface area contributed by atoms with Gasteiger partial charge in [-0.05, 0) is 78.2 Å². The van der Waals surface area contributed by atoms with Gasteiger partial charge in [0, 0.05) is 5.70 Å². The van der Waals surface area contributed by atoms with Crippen LogP contribution in [0.25, 0.3) is 16.3 Å². The molecule has 5 rings (SSSR count). The number of carbonyl (C=O) groups is 1. The summed E-state index contributed by atoms with van der Waals surface area (Å²) in [6, 6.07) is 14.4. The lowest BCUT2D eigenvalue weighted by Gasteiger charge is -2.25. The summed E-state index contributed by atoms with van der Waals surface area (Å²) in [5.41, 5.74) is 13.8. The van der Waals surface area contributed by atoms with Crippen molar-refractivity contribution in [1.82, 2.24) is 9.97 Å². The Bertz CT molecular complexity index is 1440. The van der Waals surface area contributed by atoms with Crippen LogP contribution in [-0.2, 0) is 24.1 Å². The van der Waals surface area contributed by atoms with Gasteiger partial charge in [0.2, 0.25) is 5.91 Å². The molecule has 1 heterocycles. The number of nitrogens with one attached hydrogen (secondary N) is 1. The molecule has 0 spiro atoms. The number of rotatable bonds is 7. The van der Waals surface area contributed by atoms with Crippen molar-refractivity contribution in [3.63, 3.8) is 0 Å². The Morgan fingerprint density at radius 3 is 2.61 bits per heavy atom. The van der Waals surface area contributed by atoms with Crippen molar-refractivity contribution in [1.29, 1.82) is 0 Å². The first kappa shape index (κ1) is 25.9. The largest absolute Gasteiger partial charge is 0.399 e. The molecule has 0 unspecified atom stereocenters. The Morgan fingerprint density at radius 1 is 1.08 bits per heavy atom. The number of hydrogen-bond acceptors (Lipinski definition) is 4. The molecule has 2 aliphatic carbocycles. The number of allylic oxidation sites excluding steroid dienone is 4. The van der Waals surface area contributed by atoms with E-state index in [9.17, 15) is 4.79 Å². The number of hydrogen-bond donors (Lipinski definition) is 2. The van der Waals surface area contributed by atoms with Crippen molar-refractivity contribution < 1.29 is 4.79 Å². The highest BCUT2D eigenvalue weighted by Crippen LogP contribution is 2.34. The van der Waals surface area contributed by atoms with Gasteiger partial charge in [-0.15, -0.1) is 0 Å². The van der Waals surface area contributed by atoms with Crippen LogP contribution in [0.15, 0.2) is 72.0 Å². The molecule has 0 aliphatic heterocycles. The lowest BCUT2D eigenvalue weighted by molar-refractivity contribution is -0.115. The second-order valence-corrected chi connectivity index (χ2v) is 11.0. The SMILES string of the molecule is C=C(C)/C(N)=C\C1=C(C)c2nc(CC3CCCCC3)c(NC(=O)Cc3ccc4ccccc4c3)nc2CC1. The van der Waals surface area contributed by atoms with Crippen LogP contribution in [0.4, 0.5) is 5.82 Å². The van der Waals surface area contributed by atoms with Gasteiger partial charge < -0.3 is 11.1 Å². The van der Waals surface area contributed by atoms with E-state index < -0.39 is 0 Å². The fourth-order valence-electron chi connectivity index (χ4n) is 5.68. The van der Waals surface area contributed by atoms with E-state index in [0.717, 1.165) is 58.4 Å². The maximum atomic E-state index is 13.2. The topological polar surface area (TPSA) is 80.9 Å². The van der Waals surface area contributed by atoms with Gasteiger partial charge in [0.25, 0.3) is 0 Å². The van der Waals surface area contributed by atoms with Crippen molar-refractivity contribution in [3.8, 4) is 0 Å². The fraction of sp³-hybridized carbons (Fsp3) is 0.364. The Hall–Kier alpha value is -3.73. The van der Waals surface area contributed by atoms with Crippen LogP contribution in [0.5, 0.6) is 0 Å². The molecule has 5 nitrogen and oxygen atoms in total. The smallest absolute Gasteiger partial charge is 0.229 e. The van der Waals surface area contributed by atoms with Crippen molar-refractivity contribution >= 4 is 28.1 Å². The highest BCUT2D eigenvalue weighted by Gasteiger charge is 2.24. The number of amides is 1. The third kappa shape index (κ3) is 5.88. The molecule has 1 aromatic heterocycles. The number of aromatic nitrogens is 2. The molecule has 0 bridgehead atoms. The number of fused-ring (bicyclic) bond motifs is 2. The van der Waals surface area contributed by atoms with E-state index in [4.69, 9.17) is 15.7 Å². The second-order valence-electron chi connectivity index (χ2n) is 11.0. The van der Waals surface area contributed by atoms with Gasteiger partial charge >= 0.3 is 0 Å². The summed E-state index contributed by atoms with van der Waals surface area (Å²) >= 11 is 0. The Morgan fingerprint density at radius 2 is 1.84 bits per heavy atom. The molecule has 0 saturated heterocycles. The summed E-state index contributed by atoms with van der Waals surface area (Å²) in [5.74, 6) is 1.16. The number of anilines is 1. The molecule has 2 aliphatic rings. The first-order chi connectivity index (χ1) is 18.4. The summed E-state index contributed by atoms with van der Waals surface area (Å²) in [7, 11) is 0. The van der Waals surface area contributed by atoms with E-state index in [-0.39, 0.29) is 5.91 Å². The molecule has 38 heavy (non-hydrogen) atoms. The molecule has 0 atom stereocenters. The predicted molar refractivity (Wildman–Crippen MR) is 157 cm³/mol. The molecule has 196 valence electrons. The third-order valence-electron chi connectivity index (χ3n) is 7.97. The molecular formula is C33H38N4O. The first-order valence-corrected chi connectivity index (χ1v) is 13.9. The van der Waals surface area contributed by atoms with Crippen molar-refractivity contribution in [2.24, 2.45) is 11.7 Å². The molecular weight excluding hydrogens is 468 g/mol. The maximum absolute atomic E-state index is 13.2. The van der Waals surface area contributed by atoms with Gasteiger partial charge in [-0.3, -0.25) is 4.79 Å². The van der Waals surface area contributed by atoms with Crippen LogP contribution < -0.4 is 11.1 Å². The number of carbonyl (C=O) groups excluding carboxylic acids is 1. The zero-order valence-corrected chi connectivity index (χ0v) is 22.6. The van der Waals surface area contributed by atoms with E-state index in [0.29, 0.717) is 23.9 Å². The Kier molecular flexibility index (Phi) is 7.73. The van der Waals surface area contributed by atoms with Gasteiger partial charge in [0.1, 0.15) is 0 Å². The molecule has 2 aromatic carbocycles. The maximum Gasteiger partial charge on any atom is 0.229 e. The summed E-state index contributed by atoms with van der Waals surface area (Å²) < 4.78 is 0. The van der Waals surface area contributed by atoms with E-state index in [1.165, 1.54) is 43.1 Å². The molecule has 1 saturated carbocycles. The summed E-state index contributed by atoms with van der Waals surface area (Å²) in [5, 5.41) is 5.47. The summed E-state index contributed by atoms with van der Waals surface area (Å²) in [6.07, 6.45) is 11.1. The average Bonchev–Trinajstić information content (AvgIpc) is 2.91.